The molecule has 8 nitrogen and oxygen atoms in total. The maximum absolute atomic E-state index is 12.5. The normalized spacial score (nSPS) is 16.1. The van der Waals surface area contributed by atoms with Crippen LogP contribution in [0.3, 0.4) is 0 Å². The summed E-state index contributed by atoms with van der Waals surface area (Å²) in [5.74, 6) is 1.37. The number of aryl methyl sites for hydroxylation is 1. The summed E-state index contributed by atoms with van der Waals surface area (Å²) in [5.41, 5.74) is 6.77. The van der Waals surface area contributed by atoms with Crippen LogP contribution in [0.5, 0.6) is 0 Å². The van der Waals surface area contributed by atoms with Gasteiger partial charge in [-0.05, 0) is 26.7 Å². The molecule has 2 N–H and O–H groups in total. The molecule has 1 amide bonds. The Bertz CT molecular complexity index is 746. The maximum Gasteiger partial charge on any atom is 0.229 e. The van der Waals surface area contributed by atoms with E-state index in [1.807, 2.05) is 32.8 Å². The van der Waals surface area contributed by atoms with Crippen LogP contribution in [0.1, 0.15) is 26.7 Å². The molecule has 2 aromatic heterocycles. The number of amides is 1. The van der Waals surface area contributed by atoms with Crippen LogP contribution in [-0.2, 0) is 11.8 Å². The van der Waals surface area contributed by atoms with Gasteiger partial charge in [0.15, 0.2) is 5.65 Å². The smallest absolute Gasteiger partial charge is 0.229 e. The van der Waals surface area contributed by atoms with Gasteiger partial charge in [-0.3, -0.25) is 9.48 Å². The Balaban J connectivity index is 1.73. The number of piperidine rings is 1. The molecular formula is C16H25N7O. The Morgan fingerprint density at radius 2 is 2.00 bits per heavy atom. The van der Waals surface area contributed by atoms with Crippen molar-refractivity contribution in [2.75, 3.05) is 30.8 Å². The Labute approximate surface area is 141 Å². The Hall–Kier alpha value is -2.38. The third kappa shape index (κ3) is 2.88. The predicted octanol–water partition coefficient (Wildman–Crippen LogP) is 1.03. The topological polar surface area (TPSA) is 93.2 Å². The Morgan fingerprint density at radius 1 is 1.33 bits per heavy atom. The molecule has 0 aliphatic carbocycles. The number of carbonyl (C=O) groups excluding carboxylic acids is 1. The van der Waals surface area contributed by atoms with E-state index < -0.39 is 0 Å². The van der Waals surface area contributed by atoms with Crippen LogP contribution >= 0.6 is 0 Å². The van der Waals surface area contributed by atoms with E-state index in [4.69, 9.17) is 5.73 Å². The lowest BCUT2D eigenvalue weighted by atomic mass is 9.95. The van der Waals surface area contributed by atoms with Gasteiger partial charge in [0.05, 0.1) is 11.6 Å². The minimum absolute atomic E-state index is 0.0754. The molecule has 130 valence electrons. The number of nitrogens with two attached hydrogens (primary N) is 1. The van der Waals surface area contributed by atoms with Gasteiger partial charge in [0, 0.05) is 39.1 Å². The summed E-state index contributed by atoms with van der Waals surface area (Å²) < 4.78 is 1.70. The molecular weight excluding hydrogens is 306 g/mol. The predicted molar refractivity (Wildman–Crippen MR) is 93.6 cm³/mol. The van der Waals surface area contributed by atoms with E-state index in [-0.39, 0.29) is 17.9 Å². The van der Waals surface area contributed by atoms with Crippen LogP contribution in [0.4, 0.5) is 11.8 Å². The van der Waals surface area contributed by atoms with Crippen LogP contribution in [0.25, 0.3) is 11.0 Å². The highest BCUT2D eigenvalue weighted by molar-refractivity contribution is 5.86. The average molecular weight is 331 g/mol. The molecule has 0 atom stereocenters. The minimum Gasteiger partial charge on any atom is -0.383 e. The van der Waals surface area contributed by atoms with Crippen molar-refractivity contribution in [2.45, 2.75) is 32.7 Å². The Morgan fingerprint density at radius 3 is 2.62 bits per heavy atom. The summed E-state index contributed by atoms with van der Waals surface area (Å²) in [7, 11) is 3.71. The fourth-order valence-corrected chi connectivity index (χ4v) is 3.04. The SMILES string of the molecule is CC(C)N(C)C(=O)C1CCN(c2nc(N)c3cnn(C)c3n2)CC1. The molecule has 1 aliphatic heterocycles. The van der Waals surface area contributed by atoms with E-state index in [1.54, 1.807) is 10.9 Å². The zero-order valence-electron chi connectivity index (χ0n) is 14.7. The number of rotatable bonds is 3. The van der Waals surface area contributed by atoms with E-state index in [9.17, 15) is 4.79 Å². The maximum atomic E-state index is 12.5. The summed E-state index contributed by atoms with van der Waals surface area (Å²) in [4.78, 5) is 25.4. The van der Waals surface area contributed by atoms with Gasteiger partial charge in [0.2, 0.25) is 11.9 Å². The quantitative estimate of drug-likeness (QED) is 0.903. The summed E-state index contributed by atoms with van der Waals surface area (Å²) in [6.07, 6.45) is 3.30. The van der Waals surface area contributed by atoms with Crippen LogP contribution in [0, 0.1) is 5.92 Å². The molecule has 0 radical (unpaired) electrons. The lowest BCUT2D eigenvalue weighted by molar-refractivity contribution is -0.136. The molecule has 1 fully saturated rings. The first kappa shape index (κ1) is 16.5. The molecule has 1 aliphatic rings. The molecule has 8 heteroatoms. The van der Waals surface area contributed by atoms with Gasteiger partial charge in [-0.2, -0.15) is 15.1 Å². The first-order chi connectivity index (χ1) is 11.4. The van der Waals surface area contributed by atoms with Gasteiger partial charge in [0.1, 0.15) is 5.82 Å². The summed E-state index contributed by atoms with van der Waals surface area (Å²) >= 11 is 0. The third-order valence-electron chi connectivity index (χ3n) is 4.86. The Kier molecular flexibility index (Phi) is 4.29. The number of fused-ring (bicyclic) bond motifs is 1. The van der Waals surface area contributed by atoms with Crippen molar-refractivity contribution in [1.29, 1.82) is 0 Å². The molecule has 0 saturated carbocycles. The molecule has 0 aromatic carbocycles. The number of aromatic nitrogens is 4. The summed E-state index contributed by atoms with van der Waals surface area (Å²) in [5, 5.41) is 4.95. The van der Waals surface area contributed by atoms with E-state index >= 15 is 0 Å². The van der Waals surface area contributed by atoms with Crippen LogP contribution in [0.15, 0.2) is 6.20 Å². The molecule has 0 bridgehead atoms. The summed E-state index contributed by atoms with van der Waals surface area (Å²) in [6, 6.07) is 0.228. The first-order valence-electron chi connectivity index (χ1n) is 8.35. The van der Waals surface area contributed by atoms with Crippen molar-refractivity contribution in [2.24, 2.45) is 13.0 Å². The molecule has 0 spiro atoms. The highest BCUT2D eigenvalue weighted by Crippen LogP contribution is 2.25. The van der Waals surface area contributed by atoms with Crippen molar-refractivity contribution < 1.29 is 4.79 Å². The van der Waals surface area contributed by atoms with Crippen LogP contribution in [0.2, 0.25) is 0 Å². The monoisotopic (exact) mass is 331 g/mol. The standard InChI is InChI=1S/C16H25N7O/c1-10(2)21(3)15(24)11-5-7-23(8-6-11)16-19-13(17)12-9-18-22(4)14(12)20-16/h9-11H,5-8H2,1-4H3,(H2,17,19,20). The minimum atomic E-state index is 0.0754. The van der Waals surface area contributed by atoms with Gasteiger partial charge in [-0.1, -0.05) is 0 Å². The number of nitrogens with zero attached hydrogens (tertiary/aromatic N) is 6. The third-order valence-corrected chi connectivity index (χ3v) is 4.86. The second kappa shape index (κ2) is 6.26. The van der Waals surface area contributed by atoms with Crippen LogP contribution < -0.4 is 10.6 Å². The van der Waals surface area contributed by atoms with Crippen molar-refractivity contribution in [3.05, 3.63) is 6.20 Å². The molecule has 0 unspecified atom stereocenters. The molecule has 1 saturated heterocycles. The molecule has 3 rings (SSSR count). The second-order valence-electron chi connectivity index (χ2n) is 6.72. The average Bonchev–Trinajstić information content (AvgIpc) is 2.95. The zero-order chi connectivity index (χ0) is 17.4. The number of hydrogen-bond donors (Lipinski definition) is 1. The van der Waals surface area contributed by atoms with Gasteiger partial charge >= 0.3 is 0 Å². The van der Waals surface area contributed by atoms with Crippen molar-refractivity contribution in [3.8, 4) is 0 Å². The zero-order valence-corrected chi connectivity index (χ0v) is 14.7. The highest BCUT2D eigenvalue weighted by Gasteiger charge is 2.29. The highest BCUT2D eigenvalue weighted by atomic mass is 16.2. The van der Waals surface area contributed by atoms with E-state index in [0.717, 1.165) is 37.0 Å². The summed E-state index contributed by atoms with van der Waals surface area (Å²) in [6.45, 7) is 5.58. The van der Waals surface area contributed by atoms with Crippen LogP contribution in [-0.4, -0.2) is 56.7 Å². The van der Waals surface area contributed by atoms with Gasteiger partial charge in [-0.25, -0.2) is 0 Å². The number of hydrogen-bond acceptors (Lipinski definition) is 6. The van der Waals surface area contributed by atoms with Crippen molar-refractivity contribution in [3.63, 3.8) is 0 Å². The number of carbonyl (C=O) groups is 1. The van der Waals surface area contributed by atoms with Gasteiger partial charge in [0.25, 0.3) is 0 Å². The lowest BCUT2D eigenvalue weighted by Gasteiger charge is -2.34. The van der Waals surface area contributed by atoms with Gasteiger partial charge < -0.3 is 15.5 Å². The van der Waals surface area contributed by atoms with Crippen molar-refractivity contribution in [1.82, 2.24) is 24.6 Å². The molecule has 3 heterocycles. The number of nitrogen functional groups attached to an aromatic ring is 1. The van der Waals surface area contributed by atoms with Crippen molar-refractivity contribution >= 4 is 28.7 Å². The second-order valence-corrected chi connectivity index (χ2v) is 6.72. The van der Waals surface area contributed by atoms with Gasteiger partial charge in [-0.15, -0.1) is 0 Å². The number of anilines is 2. The lowest BCUT2D eigenvalue weighted by Crippen LogP contribution is -2.43. The van der Waals surface area contributed by atoms with E-state index in [0.29, 0.717) is 11.8 Å². The first-order valence-corrected chi connectivity index (χ1v) is 8.35. The van der Waals surface area contributed by atoms with E-state index in [2.05, 4.69) is 20.0 Å². The molecule has 2 aromatic rings. The largest absolute Gasteiger partial charge is 0.383 e. The fourth-order valence-electron chi connectivity index (χ4n) is 3.04. The fraction of sp³-hybridized carbons (Fsp3) is 0.625. The van der Waals surface area contributed by atoms with E-state index in [1.165, 1.54) is 0 Å². The molecule has 24 heavy (non-hydrogen) atoms.